The molecule has 1 amide bonds. The van der Waals surface area contributed by atoms with Gasteiger partial charge in [-0.25, -0.2) is 9.97 Å². The average Bonchev–Trinajstić information content (AvgIpc) is 3.21. The van der Waals surface area contributed by atoms with E-state index in [0.29, 0.717) is 30.2 Å². The van der Waals surface area contributed by atoms with Gasteiger partial charge in [0.25, 0.3) is 11.7 Å². The molecule has 0 aliphatic carbocycles. The number of nitrogens with one attached hydrogen (secondary N) is 3. The van der Waals surface area contributed by atoms with Crippen LogP contribution in [0, 0.1) is 13.8 Å². The molecule has 30 heavy (non-hydrogen) atoms. The highest BCUT2D eigenvalue weighted by Gasteiger charge is 2.07. The van der Waals surface area contributed by atoms with Crippen molar-refractivity contribution in [3.8, 4) is 0 Å². The summed E-state index contributed by atoms with van der Waals surface area (Å²) in [5.74, 6) is 1.89. The van der Waals surface area contributed by atoms with E-state index < -0.39 is 0 Å². The number of pyridine rings is 1. The zero-order valence-electron chi connectivity index (χ0n) is 16.8. The van der Waals surface area contributed by atoms with Gasteiger partial charge in [-0.3, -0.25) is 4.79 Å². The Morgan fingerprint density at radius 3 is 2.57 bits per heavy atom. The number of aryl methyl sites for hydroxylation is 2. The summed E-state index contributed by atoms with van der Waals surface area (Å²) in [4.78, 5) is 25.1. The lowest BCUT2D eigenvalue weighted by Crippen LogP contribution is -2.17. The molecular formula is C21H22N8O. The first-order valence-electron chi connectivity index (χ1n) is 9.58. The van der Waals surface area contributed by atoms with Crippen LogP contribution in [-0.2, 0) is 0 Å². The summed E-state index contributed by atoms with van der Waals surface area (Å²) in [6.07, 6.45) is 3.04. The molecule has 1 aromatic carbocycles. The maximum Gasteiger partial charge on any atom is 0.257 e. The molecule has 0 saturated heterocycles. The van der Waals surface area contributed by atoms with Gasteiger partial charge in [-0.15, -0.1) is 0 Å². The van der Waals surface area contributed by atoms with Gasteiger partial charge in [-0.1, -0.05) is 17.7 Å². The molecule has 0 spiro atoms. The molecule has 0 aliphatic heterocycles. The molecule has 3 N–H and O–H groups in total. The highest BCUT2D eigenvalue weighted by Crippen LogP contribution is 2.12. The second-order valence-electron chi connectivity index (χ2n) is 6.86. The second kappa shape index (κ2) is 8.56. The Balaban J connectivity index is 1.29. The molecule has 3 aromatic heterocycles. The number of fused-ring (bicyclic) bond motifs is 1. The van der Waals surface area contributed by atoms with Crippen molar-refractivity contribution in [2.75, 3.05) is 29.0 Å². The number of carbonyl (C=O) groups is 1. The first kappa shape index (κ1) is 19.3. The van der Waals surface area contributed by atoms with E-state index in [2.05, 4.69) is 36.0 Å². The monoisotopic (exact) mass is 402 g/mol. The molecule has 152 valence electrons. The van der Waals surface area contributed by atoms with E-state index >= 15 is 0 Å². The van der Waals surface area contributed by atoms with Crippen molar-refractivity contribution in [1.29, 1.82) is 0 Å². The van der Waals surface area contributed by atoms with Gasteiger partial charge < -0.3 is 16.0 Å². The first-order valence-corrected chi connectivity index (χ1v) is 9.58. The van der Waals surface area contributed by atoms with Crippen LogP contribution in [-0.4, -0.2) is 43.6 Å². The van der Waals surface area contributed by atoms with Gasteiger partial charge in [-0.05, 0) is 38.1 Å². The van der Waals surface area contributed by atoms with Crippen molar-refractivity contribution >= 4 is 29.0 Å². The lowest BCUT2D eigenvalue weighted by atomic mass is 10.2. The topological polar surface area (TPSA) is 109 Å². The molecule has 4 rings (SSSR count). The fraction of sp³-hybridized carbons (Fsp3) is 0.190. The molecule has 0 bridgehead atoms. The summed E-state index contributed by atoms with van der Waals surface area (Å²) in [6, 6.07) is 13.1. The molecule has 0 atom stereocenters. The van der Waals surface area contributed by atoms with Gasteiger partial charge in [0.05, 0.1) is 5.56 Å². The Labute approximate surface area is 173 Å². The van der Waals surface area contributed by atoms with Gasteiger partial charge in [0.1, 0.15) is 18.0 Å². The standard InChI is InChI=1S/C21H22N8O/c1-14-3-6-17(7-4-14)28-20(30)16-5-8-18(24-12-16)22-9-10-23-19-11-15(2)27-21-25-13-26-29(19)21/h3-8,11-13,23H,9-10H2,1-2H3,(H,22,24)(H,28,30). The Hall–Kier alpha value is -4.01. The van der Waals surface area contributed by atoms with E-state index in [1.165, 1.54) is 6.33 Å². The second-order valence-corrected chi connectivity index (χ2v) is 6.86. The van der Waals surface area contributed by atoms with Gasteiger partial charge in [-0.2, -0.15) is 14.6 Å². The number of hydrogen-bond acceptors (Lipinski definition) is 7. The maximum absolute atomic E-state index is 12.3. The SMILES string of the molecule is Cc1ccc(NC(=O)c2ccc(NCCNc3cc(C)nc4ncnn34)nc2)cc1. The summed E-state index contributed by atoms with van der Waals surface area (Å²) in [7, 11) is 0. The fourth-order valence-corrected chi connectivity index (χ4v) is 2.91. The van der Waals surface area contributed by atoms with Crippen molar-refractivity contribution in [3.63, 3.8) is 0 Å². The lowest BCUT2D eigenvalue weighted by molar-refractivity contribution is 0.102. The van der Waals surface area contributed by atoms with Crippen molar-refractivity contribution in [3.05, 3.63) is 71.8 Å². The normalized spacial score (nSPS) is 10.7. The molecule has 0 fully saturated rings. The highest BCUT2D eigenvalue weighted by molar-refractivity contribution is 6.04. The summed E-state index contributed by atoms with van der Waals surface area (Å²) in [5, 5.41) is 13.6. The molecule has 9 nitrogen and oxygen atoms in total. The predicted molar refractivity (Wildman–Crippen MR) is 116 cm³/mol. The third-order valence-electron chi connectivity index (χ3n) is 4.45. The van der Waals surface area contributed by atoms with Gasteiger partial charge >= 0.3 is 0 Å². The van der Waals surface area contributed by atoms with Crippen LogP contribution >= 0.6 is 0 Å². The van der Waals surface area contributed by atoms with E-state index in [1.807, 2.05) is 44.2 Å². The number of amides is 1. The van der Waals surface area contributed by atoms with Gasteiger partial charge in [0, 0.05) is 36.7 Å². The molecule has 0 saturated carbocycles. The van der Waals surface area contributed by atoms with Crippen LogP contribution in [0.3, 0.4) is 0 Å². The molecule has 9 heteroatoms. The van der Waals surface area contributed by atoms with E-state index in [9.17, 15) is 4.79 Å². The van der Waals surface area contributed by atoms with Crippen LogP contribution in [0.25, 0.3) is 5.78 Å². The van der Waals surface area contributed by atoms with Crippen molar-refractivity contribution < 1.29 is 4.79 Å². The summed E-state index contributed by atoms with van der Waals surface area (Å²) >= 11 is 0. The minimum Gasteiger partial charge on any atom is -0.368 e. The zero-order valence-corrected chi connectivity index (χ0v) is 16.8. The third kappa shape index (κ3) is 4.52. The predicted octanol–water partition coefficient (Wildman–Crippen LogP) is 2.91. The average molecular weight is 402 g/mol. The molecule has 3 heterocycles. The molecule has 0 unspecified atom stereocenters. The van der Waals surface area contributed by atoms with E-state index in [0.717, 1.165) is 22.8 Å². The number of rotatable bonds is 7. The number of hydrogen-bond donors (Lipinski definition) is 3. The quantitative estimate of drug-likeness (QED) is 0.408. The van der Waals surface area contributed by atoms with Crippen LogP contribution in [0.2, 0.25) is 0 Å². The van der Waals surface area contributed by atoms with Gasteiger partial charge in [0.15, 0.2) is 0 Å². The van der Waals surface area contributed by atoms with Crippen LogP contribution < -0.4 is 16.0 Å². The maximum atomic E-state index is 12.3. The third-order valence-corrected chi connectivity index (χ3v) is 4.45. The number of carbonyl (C=O) groups excluding carboxylic acids is 1. The highest BCUT2D eigenvalue weighted by atomic mass is 16.1. The van der Waals surface area contributed by atoms with Crippen molar-refractivity contribution in [2.24, 2.45) is 0 Å². The minimum atomic E-state index is -0.190. The largest absolute Gasteiger partial charge is 0.368 e. The van der Waals surface area contributed by atoms with Crippen LogP contribution in [0.1, 0.15) is 21.6 Å². The smallest absolute Gasteiger partial charge is 0.257 e. The summed E-state index contributed by atoms with van der Waals surface area (Å²) < 4.78 is 1.66. The van der Waals surface area contributed by atoms with Crippen molar-refractivity contribution in [2.45, 2.75) is 13.8 Å². The Bertz CT molecular complexity index is 1150. The van der Waals surface area contributed by atoms with E-state index in [-0.39, 0.29) is 5.91 Å². The molecule has 0 radical (unpaired) electrons. The lowest BCUT2D eigenvalue weighted by Gasteiger charge is -2.10. The number of benzene rings is 1. The molecular weight excluding hydrogens is 380 g/mol. The van der Waals surface area contributed by atoms with Crippen LogP contribution in [0.15, 0.2) is 55.0 Å². The Morgan fingerprint density at radius 1 is 1.00 bits per heavy atom. The number of anilines is 3. The van der Waals surface area contributed by atoms with Crippen molar-refractivity contribution in [1.82, 2.24) is 24.6 Å². The fourth-order valence-electron chi connectivity index (χ4n) is 2.91. The Kier molecular flexibility index (Phi) is 5.51. The van der Waals surface area contributed by atoms with Crippen LogP contribution in [0.4, 0.5) is 17.3 Å². The minimum absolute atomic E-state index is 0.190. The molecule has 4 aromatic rings. The molecule has 0 aliphatic rings. The van der Waals surface area contributed by atoms with E-state index in [4.69, 9.17) is 0 Å². The first-order chi connectivity index (χ1) is 14.6. The summed E-state index contributed by atoms with van der Waals surface area (Å²) in [5.41, 5.74) is 3.27. The van der Waals surface area contributed by atoms with E-state index in [1.54, 1.807) is 22.8 Å². The van der Waals surface area contributed by atoms with Gasteiger partial charge in [0.2, 0.25) is 0 Å². The zero-order chi connectivity index (χ0) is 20.9. The Morgan fingerprint density at radius 2 is 1.80 bits per heavy atom. The number of nitrogens with zero attached hydrogens (tertiary/aromatic N) is 5. The number of aromatic nitrogens is 5. The van der Waals surface area contributed by atoms with Crippen LogP contribution in [0.5, 0.6) is 0 Å². The summed E-state index contributed by atoms with van der Waals surface area (Å²) in [6.45, 7) is 5.21.